The summed E-state index contributed by atoms with van der Waals surface area (Å²) < 4.78 is 23.2. The van der Waals surface area contributed by atoms with Crippen molar-refractivity contribution in [3.63, 3.8) is 0 Å². The number of hydrogen-bond donors (Lipinski definition) is 0. The maximum Gasteiger partial charge on any atom is 0.176 e. The molecule has 0 saturated heterocycles. The molecular weight excluding hydrogens is 220 g/mol. The third-order valence-electron chi connectivity index (χ3n) is 2.27. The Labute approximate surface area is 95.5 Å². The number of benzene rings is 2. The van der Waals surface area contributed by atoms with Crippen LogP contribution < -0.4 is 0 Å². The number of sulfone groups is 1. The zero-order valence-electron chi connectivity index (χ0n) is 8.84. The molecule has 0 aliphatic carbocycles. The fourth-order valence-corrected chi connectivity index (χ4v) is 2.44. The average molecular weight is 231 g/mol. The van der Waals surface area contributed by atoms with Crippen molar-refractivity contribution in [2.75, 3.05) is 6.26 Å². The van der Waals surface area contributed by atoms with Crippen molar-refractivity contribution < 1.29 is 8.42 Å². The third-order valence-corrected chi connectivity index (χ3v) is 3.35. The molecule has 2 rings (SSSR count). The molecular formula is C13H11O2S. The summed E-state index contributed by atoms with van der Waals surface area (Å²) in [7, 11) is -3.24. The van der Waals surface area contributed by atoms with Gasteiger partial charge in [-0.2, -0.15) is 0 Å². The Bertz CT molecular complexity index is 586. The van der Waals surface area contributed by atoms with Crippen LogP contribution in [0.1, 0.15) is 0 Å². The minimum absolute atomic E-state index is 0.251. The molecule has 0 aromatic heterocycles. The van der Waals surface area contributed by atoms with Crippen molar-refractivity contribution in [2.24, 2.45) is 0 Å². The molecule has 16 heavy (non-hydrogen) atoms. The van der Waals surface area contributed by atoms with Crippen LogP contribution in [0.3, 0.4) is 0 Å². The van der Waals surface area contributed by atoms with Gasteiger partial charge in [-0.3, -0.25) is 0 Å². The average Bonchev–Trinajstić information content (AvgIpc) is 2.29. The van der Waals surface area contributed by atoms with Crippen LogP contribution in [-0.2, 0) is 9.84 Å². The standard InChI is InChI=1S/C13H11O2S/c1-16(14,15)13-10-6-5-9-12(13)11-7-3-2-4-8-11/h2-9H,1H3. The predicted molar refractivity (Wildman–Crippen MR) is 63.8 cm³/mol. The van der Waals surface area contributed by atoms with E-state index in [1.807, 2.05) is 30.3 Å². The Hall–Kier alpha value is -1.61. The van der Waals surface area contributed by atoms with E-state index in [0.717, 1.165) is 5.56 Å². The summed E-state index contributed by atoms with van der Waals surface area (Å²) in [4.78, 5) is 0.251. The molecule has 0 aliphatic heterocycles. The Morgan fingerprint density at radius 2 is 1.69 bits per heavy atom. The van der Waals surface area contributed by atoms with E-state index in [0.29, 0.717) is 5.56 Å². The van der Waals surface area contributed by atoms with E-state index in [1.54, 1.807) is 18.2 Å². The summed E-state index contributed by atoms with van der Waals surface area (Å²) in [6.45, 7) is 0. The highest BCUT2D eigenvalue weighted by Crippen LogP contribution is 2.26. The molecule has 81 valence electrons. The SMILES string of the molecule is CS(=O)(=O)c1[c]cccc1-c1ccccc1. The second kappa shape index (κ2) is 4.10. The predicted octanol–water partition coefficient (Wildman–Crippen LogP) is 2.56. The topological polar surface area (TPSA) is 34.1 Å². The molecule has 0 N–H and O–H groups in total. The van der Waals surface area contributed by atoms with Gasteiger partial charge < -0.3 is 0 Å². The van der Waals surface area contributed by atoms with Crippen LogP contribution in [0.25, 0.3) is 11.1 Å². The zero-order chi connectivity index (χ0) is 11.6. The summed E-state index contributed by atoms with van der Waals surface area (Å²) in [6, 6.07) is 17.4. The Kier molecular flexibility index (Phi) is 2.79. The van der Waals surface area contributed by atoms with Crippen LogP contribution in [-0.4, -0.2) is 14.7 Å². The normalized spacial score (nSPS) is 11.3. The first-order chi connectivity index (χ1) is 7.59. The molecule has 2 aromatic rings. The van der Waals surface area contributed by atoms with Crippen molar-refractivity contribution in [3.8, 4) is 11.1 Å². The monoisotopic (exact) mass is 231 g/mol. The quantitative estimate of drug-likeness (QED) is 0.796. The van der Waals surface area contributed by atoms with Crippen molar-refractivity contribution in [1.82, 2.24) is 0 Å². The van der Waals surface area contributed by atoms with Gasteiger partial charge in [-0.15, -0.1) is 0 Å². The first kappa shape index (κ1) is 10.9. The van der Waals surface area contributed by atoms with E-state index in [2.05, 4.69) is 6.07 Å². The van der Waals surface area contributed by atoms with Crippen molar-refractivity contribution in [1.29, 1.82) is 0 Å². The minimum atomic E-state index is -3.24. The lowest BCUT2D eigenvalue weighted by Crippen LogP contribution is -1.99. The van der Waals surface area contributed by atoms with Crippen molar-refractivity contribution in [2.45, 2.75) is 4.90 Å². The fourth-order valence-electron chi connectivity index (χ4n) is 1.57. The maximum absolute atomic E-state index is 11.6. The van der Waals surface area contributed by atoms with Crippen LogP contribution >= 0.6 is 0 Å². The van der Waals surface area contributed by atoms with Crippen LogP contribution in [0, 0.1) is 6.07 Å². The lowest BCUT2D eigenvalue weighted by Gasteiger charge is -2.06. The lowest BCUT2D eigenvalue weighted by atomic mass is 10.1. The molecule has 0 saturated carbocycles. The summed E-state index contributed by atoms with van der Waals surface area (Å²) in [5.74, 6) is 0. The fraction of sp³-hybridized carbons (Fsp3) is 0.0769. The molecule has 2 aromatic carbocycles. The molecule has 0 unspecified atom stereocenters. The smallest absolute Gasteiger partial charge is 0.176 e. The number of hydrogen-bond acceptors (Lipinski definition) is 2. The highest BCUT2D eigenvalue weighted by atomic mass is 32.2. The first-order valence-electron chi connectivity index (χ1n) is 4.85. The van der Waals surface area contributed by atoms with Crippen molar-refractivity contribution in [3.05, 3.63) is 54.6 Å². The Morgan fingerprint density at radius 1 is 1.00 bits per heavy atom. The Morgan fingerprint density at radius 3 is 2.31 bits per heavy atom. The molecule has 2 nitrogen and oxygen atoms in total. The third kappa shape index (κ3) is 2.14. The molecule has 0 heterocycles. The van der Waals surface area contributed by atoms with Gasteiger partial charge in [-0.1, -0.05) is 48.5 Å². The van der Waals surface area contributed by atoms with Gasteiger partial charge in [0, 0.05) is 17.9 Å². The second-order valence-electron chi connectivity index (χ2n) is 3.55. The van der Waals surface area contributed by atoms with Gasteiger partial charge in [-0.05, 0) is 5.56 Å². The molecule has 1 radical (unpaired) electrons. The number of rotatable bonds is 2. The minimum Gasteiger partial charge on any atom is -0.224 e. The van der Waals surface area contributed by atoms with E-state index >= 15 is 0 Å². The van der Waals surface area contributed by atoms with Crippen LogP contribution in [0.15, 0.2) is 53.4 Å². The first-order valence-corrected chi connectivity index (χ1v) is 6.74. The van der Waals surface area contributed by atoms with E-state index in [4.69, 9.17) is 0 Å². The van der Waals surface area contributed by atoms with Gasteiger partial charge in [-0.25, -0.2) is 8.42 Å². The summed E-state index contributed by atoms with van der Waals surface area (Å²) in [6.07, 6.45) is 1.20. The maximum atomic E-state index is 11.6. The largest absolute Gasteiger partial charge is 0.224 e. The van der Waals surface area contributed by atoms with Gasteiger partial charge in [0.15, 0.2) is 9.84 Å². The van der Waals surface area contributed by atoms with Gasteiger partial charge in [0.1, 0.15) is 0 Å². The second-order valence-corrected chi connectivity index (χ2v) is 5.50. The molecule has 3 heteroatoms. The van der Waals surface area contributed by atoms with Gasteiger partial charge in [0.2, 0.25) is 0 Å². The van der Waals surface area contributed by atoms with E-state index in [-0.39, 0.29) is 4.90 Å². The highest BCUT2D eigenvalue weighted by Gasteiger charge is 2.13. The summed E-state index contributed by atoms with van der Waals surface area (Å²) >= 11 is 0. The van der Waals surface area contributed by atoms with Gasteiger partial charge >= 0.3 is 0 Å². The molecule has 0 amide bonds. The Balaban J connectivity index is 2.68. The molecule has 0 aliphatic rings. The summed E-state index contributed by atoms with van der Waals surface area (Å²) in [5, 5.41) is 0. The van der Waals surface area contributed by atoms with Crippen LogP contribution in [0.2, 0.25) is 0 Å². The van der Waals surface area contributed by atoms with E-state index in [9.17, 15) is 8.42 Å². The molecule has 0 atom stereocenters. The van der Waals surface area contributed by atoms with Gasteiger partial charge in [0.25, 0.3) is 0 Å². The van der Waals surface area contributed by atoms with E-state index < -0.39 is 9.84 Å². The van der Waals surface area contributed by atoms with Crippen molar-refractivity contribution >= 4 is 9.84 Å². The van der Waals surface area contributed by atoms with E-state index in [1.165, 1.54) is 6.26 Å². The summed E-state index contributed by atoms with van der Waals surface area (Å²) in [5.41, 5.74) is 1.59. The van der Waals surface area contributed by atoms with Gasteiger partial charge in [0.05, 0.1) is 4.90 Å². The molecule has 0 fully saturated rings. The zero-order valence-corrected chi connectivity index (χ0v) is 9.66. The van der Waals surface area contributed by atoms with Crippen LogP contribution in [0.5, 0.6) is 0 Å². The molecule has 0 bridgehead atoms. The highest BCUT2D eigenvalue weighted by molar-refractivity contribution is 7.90. The molecule has 0 spiro atoms. The lowest BCUT2D eigenvalue weighted by molar-refractivity contribution is 0.602. The van der Waals surface area contributed by atoms with Crippen LogP contribution in [0.4, 0.5) is 0 Å².